The van der Waals surface area contributed by atoms with Crippen LogP contribution in [0.2, 0.25) is 0 Å². The first-order valence-corrected chi connectivity index (χ1v) is 26.5. The predicted octanol–water partition coefficient (Wildman–Crippen LogP) is 7.28. The Morgan fingerprint density at radius 2 is 1.74 bits per heavy atom. The van der Waals surface area contributed by atoms with E-state index in [1.54, 1.807) is 18.3 Å². The van der Waals surface area contributed by atoms with Crippen LogP contribution < -0.4 is 20.1 Å². The third-order valence-electron chi connectivity index (χ3n) is 15.9. The van der Waals surface area contributed by atoms with Crippen molar-refractivity contribution in [3.8, 4) is 16.6 Å². The molecule has 0 bridgehead atoms. The summed E-state index contributed by atoms with van der Waals surface area (Å²) in [4.78, 5) is 69.0. The van der Waals surface area contributed by atoms with E-state index < -0.39 is 68.2 Å². The van der Waals surface area contributed by atoms with Crippen molar-refractivity contribution in [1.82, 2.24) is 34.8 Å². The Morgan fingerprint density at radius 1 is 0.985 bits per heavy atom. The number of ether oxygens (including phenoxy) is 2. The molecule has 5 saturated carbocycles. The third-order valence-corrected chi connectivity index (χ3v) is 18.9. The summed E-state index contributed by atoms with van der Waals surface area (Å²) in [6.07, 6.45) is 13.2. The van der Waals surface area contributed by atoms with Crippen molar-refractivity contribution < 1.29 is 37.1 Å². The van der Waals surface area contributed by atoms with Gasteiger partial charge in [0.15, 0.2) is 0 Å². The first-order valence-electron chi connectivity index (χ1n) is 24.1. The number of carbonyl (C=O) groups excluding carboxylic acids is 4. The minimum Gasteiger partial charge on any atom is -0.459 e. The van der Waals surface area contributed by atoms with Crippen LogP contribution in [0.25, 0.3) is 21.6 Å². The second-order valence-corrected chi connectivity index (χ2v) is 23.7. The molecular formula is C48H63N7O8S2. The number of thiazole rings is 1. The SMILES string of the molecule is CC1C2CC(OC(=O)NC3CCCCCC=CC4CC4(C(=O)NS(=O)(=O)C4(C)CC4)NC(=O)C4CC(Oc5nc6c(-c7nc(C8CCCC8)cs7)cccc6n5C(C)C)CN4C3=O)CC12. The highest BCUT2D eigenvalue weighted by atomic mass is 32.2. The zero-order chi connectivity index (χ0) is 45.4. The van der Waals surface area contributed by atoms with Crippen molar-refractivity contribution in [2.75, 3.05) is 6.54 Å². The Labute approximate surface area is 385 Å². The molecular weight excluding hydrogens is 867 g/mol. The minimum absolute atomic E-state index is 0.00860. The maximum Gasteiger partial charge on any atom is 0.408 e. The van der Waals surface area contributed by atoms with Gasteiger partial charge in [-0.05, 0) is 115 Å². The molecule has 10 rings (SSSR count). The van der Waals surface area contributed by atoms with E-state index in [1.165, 1.54) is 17.7 Å². The van der Waals surface area contributed by atoms with Crippen LogP contribution in [0.4, 0.5) is 4.79 Å². The molecule has 4 heterocycles. The summed E-state index contributed by atoms with van der Waals surface area (Å²) in [5, 5.41) is 8.93. The Hall–Kier alpha value is -4.51. The lowest BCUT2D eigenvalue weighted by molar-refractivity contribution is -0.141. The Balaban J connectivity index is 0.947. The number of aromatic nitrogens is 3. The van der Waals surface area contributed by atoms with Crippen LogP contribution in [0.1, 0.15) is 142 Å². The first kappa shape index (κ1) is 44.3. The Bertz CT molecular complexity index is 2500. The normalized spacial score (nSPS) is 32.2. The van der Waals surface area contributed by atoms with Crippen LogP contribution in [0, 0.1) is 23.7 Å². The number of hydrogen-bond donors (Lipinski definition) is 3. The summed E-state index contributed by atoms with van der Waals surface area (Å²) in [5.74, 6) is 0.0383. The van der Waals surface area contributed by atoms with Crippen molar-refractivity contribution in [1.29, 1.82) is 0 Å². The lowest BCUT2D eigenvalue weighted by atomic mass is 10.0. The van der Waals surface area contributed by atoms with Gasteiger partial charge in [-0.3, -0.25) is 23.7 Å². The van der Waals surface area contributed by atoms with Gasteiger partial charge in [0.1, 0.15) is 40.4 Å². The van der Waals surface area contributed by atoms with Crippen LogP contribution in [-0.2, 0) is 29.1 Å². The number of allylic oxidation sites excluding steroid dienone is 1. The molecule has 2 aliphatic heterocycles. The monoisotopic (exact) mass is 929 g/mol. The second kappa shape index (κ2) is 17.0. The third kappa shape index (κ3) is 8.46. The van der Waals surface area contributed by atoms with Crippen LogP contribution in [0.15, 0.2) is 35.7 Å². The number of benzene rings is 1. The summed E-state index contributed by atoms with van der Waals surface area (Å²) in [6, 6.07) is 4.26. The van der Waals surface area contributed by atoms with Crippen molar-refractivity contribution >= 4 is 56.2 Å². The number of rotatable bonds is 10. The molecule has 3 N–H and O–H groups in total. The largest absolute Gasteiger partial charge is 0.459 e. The number of imidazole rings is 1. The van der Waals surface area contributed by atoms with Crippen molar-refractivity contribution in [2.24, 2.45) is 23.7 Å². The topological polar surface area (TPSA) is 191 Å². The van der Waals surface area contributed by atoms with E-state index in [-0.39, 0.29) is 31.5 Å². The van der Waals surface area contributed by atoms with Crippen LogP contribution >= 0.6 is 11.3 Å². The second-order valence-electron chi connectivity index (χ2n) is 20.7. The highest BCUT2D eigenvalue weighted by molar-refractivity contribution is 7.91. The smallest absolute Gasteiger partial charge is 0.408 e. The Kier molecular flexibility index (Phi) is 11.6. The lowest BCUT2D eigenvalue weighted by Crippen LogP contribution is -2.58. The summed E-state index contributed by atoms with van der Waals surface area (Å²) in [7, 11) is -4.00. The molecule has 7 aliphatic rings. The van der Waals surface area contributed by atoms with E-state index in [1.807, 2.05) is 34.9 Å². The first-order chi connectivity index (χ1) is 31.1. The molecule has 6 fully saturated rings. The molecule has 1 aromatic carbocycles. The fourth-order valence-corrected chi connectivity index (χ4v) is 13.5. The van der Waals surface area contributed by atoms with Gasteiger partial charge >= 0.3 is 6.09 Å². The standard InChI is InChI=1S/C48H63N7O8S2/c1-27(2)55-38-18-12-16-33(42-49-37(26-64-42)29-13-10-11-14-29)40(38)51-45(55)62-32-23-39-41(56)52-48(44(58)53-65(60,61)47(4)19-20-47)24-30(48)15-8-6-5-7-9-17-36(43(57)54(39)25-32)50-46(59)63-31-21-34-28(3)35(34)22-31/h8,12,15-16,18,26-32,34-36,39H,5-7,9-11,13-14,17,19-25H2,1-4H3,(H,50,59)(H,52,56)(H,53,58). The summed E-state index contributed by atoms with van der Waals surface area (Å²) >= 11 is 1.62. The van der Waals surface area contributed by atoms with Crippen LogP contribution in [0.5, 0.6) is 6.01 Å². The average Bonchev–Trinajstić information content (AvgIpc) is 3.88. The molecule has 2 aromatic heterocycles. The van der Waals surface area contributed by atoms with E-state index in [2.05, 4.69) is 41.5 Å². The molecule has 3 aromatic rings. The summed E-state index contributed by atoms with van der Waals surface area (Å²) in [5.41, 5.74) is 2.15. The van der Waals surface area contributed by atoms with E-state index in [0.29, 0.717) is 61.8 Å². The number of nitrogens with zero attached hydrogens (tertiary/aromatic N) is 4. The maximum absolute atomic E-state index is 14.9. The molecule has 7 atom stereocenters. The van der Waals surface area contributed by atoms with Gasteiger partial charge in [0.25, 0.3) is 11.9 Å². The summed E-state index contributed by atoms with van der Waals surface area (Å²) < 4.78 is 42.6. The highest BCUT2D eigenvalue weighted by Gasteiger charge is 2.63. The van der Waals surface area contributed by atoms with Crippen LogP contribution in [0.3, 0.4) is 0 Å². The molecule has 0 spiro atoms. The molecule has 0 radical (unpaired) electrons. The Morgan fingerprint density at radius 3 is 2.48 bits per heavy atom. The van der Waals surface area contributed by atoms with Crippen molar-refractivity contribution in [2.45, 2.75) is 171 Å². The molecule has 15 nitrogen and oxygen atoms in total. The minimum atomic E-state index is -4.00. The molecule has 4 amide bonds. The number of para-hydroxylation sites is 1. The fraction of sp³-hybridized carbons (Fsp3) is 0.667. The van der Waals surface area contributed by atoms with E-state index in [4.69, 9.17) is 19.4 Å². The number of hydrogen-bond acceptors (Lipinski definition) is 11. The van der Waals surface area contributed by atoms with Gasteiger partial charge in [0.2, 0.25) is 21.8 Å². The van der Waals surface area contributed by atoms with Gasteiger partial charge in [-0.25, -0.2) is 18.2 Å². The molecule has 350 valence electrons. The molecule has 17 heteroatoms. The van der Waals surface area contributed by atoms with Crippen molar-refractivity contribution in [3.05, 3.63) is 41.4 Å². The molecule has 65 heavy (non-hydrogen) atoms. The van der Waals surface area contributed by atoms with Gasteiger partial charge < -0.3 is 25.0 Å². The van der Waals surface area contributed by atoms with Gasteiger partial charge in [-0.2, -0.15) is 4.98 Å². The zero-order valence-corrected chi connectivity index (χ0v) is 39.6. The highest BCUT2D eigenvalue weighted by Crippen LogP contribution is 2.58. The van der Waals surface area contributed by atoms with Crippen molar-refractivity contribution in [3.63, 3.8) is 0 Å². The number of amides is 4. The number of alkyl carbamates (subject to hydrolysis) is 1. The molecule has 5 aliphatic carbocycles. The average molecular weight is 930 g/mol. The quantitative estimate of drug-likeness (QED) is 0.174. The molecule has 7 unspecified atom stereocenters. The maximum atomic E-state index is 14.9. The summed E-state index contributed by atoms with van der Waals surface area (Å²) in [6.45, 7) is 7.96. The predicted molar refractivity (Wildman–Crippen MR) is 245 cm³/mol. The number of carbonyl (C=O) groups is 4. The van der Waals surface area contributed by atoms with E-state index >= 15 is 0 Å². The zero-order valence-electron chi connectivity index (χ0n) is 37.9. The number of sulfonamides is 1. The van der Waals surface area contributed by atoms with Gasteiger partial charge in [-0.1, -0.05) is 50.8 Å². The molecule has 1 saturated heterocycles. The van der Waals surface area contributed by atoms with E-state index in [0.717, 1.165) is 65.8 Å². The number of nitrogens with one attached hydrogen (secondary N) is 3. The number of fused-ring (bicyclic) bond motifs is 4. The van der Waals surface area contributed by atoms with Crippen LogP contribution in [-0.4, -0.2) is 92.8 Å². The fourth-order valence-electron chi connectivity index (χ4n) is 11.3. The van der Waals surface area contributed by atoms with E-state index in [9.17, 15) is 27.6 Å². The lowest BCUT2D eigenvalue weighted by Gasteiger charge is -2.30. The van der Waals surface area contributed by atoms with Gasteiger partial charge in [0.05, 0.1) is 22.5 Å². The van der Waals surface area contributed by atoms with Gasteiger partial charge in [-0.15, -0.1) is 11.3 Å². The van der Waals surface area contributed by atoms with Gasteiger partial charge in [0, 0.05) is 35.2 Å².